The van der Waals surface area contributed by atoms with Crippen LogP contribution >= 0.6 is 0 Å². The molecule has 0 N–H and O–H groups in total. The van der Waals surface area contributed by atoms with Crippen molar-refractivity contribution >= 4 is 29.8 Å². The molecular weight excluding hydrogens is 284 g/mol. The van der Waals surface area contributed by atoms with Crippen molar-refractivity contribution < 1.29 is 4.79 Å². The van der Waals surface area contributed by atoms with Gasteiger partial charge in [0.2, 0.25) is 0 Å². The fourth-order valence-electron chi connectivity index (χ4n) is 2.88. The highest BCUT2D eigenvalue weighted by atomic mass is 28.3. The number of hydrogen-bond acceptors (Lipinski definition) is 1. The Hall–Kier alpha value is -2.19. The summed E-state index contributed by atoms with van der Waals surface area (Å²) in [5.74, 6) is 0.134. The molecule has 110 valence electrons. The summed E-state index contributed by atoms with van der Waals surface area (Å²) in [7, 11) is -1.61. The molecule has 0 bridgehead atoms. The molecule has 0 heterocycles. The number of carbonyl (C=O) groups excluding carboxylic acids is 1. The van der Waals surface area contributed by atoms with E-state index in [-0.39, 0.29) is 5.78 Å². The lowest BCUT2D eigenvalue weighted by molar-refractivity contribution is 0.104. The minimum absolute atomic E-state index is 0.134. The van der Waals surface area contributed by atoms with E-state index in [1.165, 1.54) is 5.19 Å². The molecule has 0 aliphatic heterocycles. The first-order valence-corrected chi connectivity index (χ1v) is 11.1. The van der Waals surface area contributed by atoms with Gasteiger partial charge in [0.25, 0.3) is 0 Å². The van der Waals surface area contributed by atoms with Gasteiger partial charge in [-0.1, -0.05) is 86.4 Å². The number of fused-ring (bicyclic) bond motifs is 1. The van der Waals surface area contributed by atoms with E-state index in [2.05, 4.69) is 43.9 Å². The van der Waals surface area contributed by atoms with E-state index in [4.69, 9.17) is 0 Å². The average molecular weight is 304 g/mol. The van der Waals surface area contributed by atoms with E-state index >= 15 is 0 Å². The van der Waals surface area contributed by atoms with Gasteiger partial charge < -0.3 is 0 Å². The first-order chi connectivity index (χ1) is 10.5. The van der Waals surface area contributed by atoms with Gasteiger partial charge in [0.05, 0.1) is 8.07 Å². The molecule has 3 rings (SSSR count). The van der Waals surface area contributed by atoms with Crippen molar-refractivity contribution in [2.75, 3.05) is 0 Å². The molecule has 3 aromatic carbocycles. The zero-order valence-corrected chi connectivity index (χ0v) is 14.3. The predicted octanol–water partition coefficient (Wildman–Crippen LogP) is 4.62. The monoisotopic (exact) mass is 304 g/mol. The SMILES string of the molecule is C[Si](C)(C)c1ccc2ccccc2c1C(=O)c1ccccc1. The minimum Gasteiger partial charge on any atom is -0.289 e. The molecule has 0 unspecified atom stereocenters. The molecule has 0 aliphatic carbocycles. The molecule has 0 amide bonds. The van der Waals surface area contributed by atoms with Crippen LogP contribution in [-0.4, -0.2) is 13.9 Å². The maximum Gasteiger partial charge on any atom is 0.193 e. The van der Waals surface area contributed by atoms with Crippen molar-refractivity contribution in [3.8, 4) is 0 Å². The first kappa shape index (κ1) is 14.7. The molecule has 22 heavy (non-hydrogen) atoms. The first-order valence-electron chi connectivity index (χ1n) is 7.60. The van der Waals surface area contributed by atoms with Gasteiger partial charge in [0.1, 0.15) is 0 Å². The van der Waals surface area contributed by atoms with Gasteiger partial charge in [0.15, 0.2) is 5.78 Å². The highest BCUT2D eigenvalue weighted by molar-refractivity contribution is 6.89. The second kappa shape index (κ2) is 5.54. The molecular formula is C20H20OSi. The third-order valence-corrected chi connectivity index (χ3v) is 6.03. The third-order valence-electron chi connectivity index (χ3n) is 4.00. The Kier molecular flexibility index (Phi) is 3.71. The molecule has 0 aromatic heterocycles. The number of hydrogen-bond donors (Lipinski definition) is 0. The highest BCUT2D eigenvalue weighted by Crippen LogP contribution is 2.22. The summed E-state index contributed by atoms with van der Waals surface area (Å²) in [6, 6.07) is 22.1. The number of ketones is 1. The van der Waals surface area contributed by atoms with Crippen molar-refractivity contribution in [1.29, 1.82) is 0 Å². The molecule has 0 aliphatic rings. The minimum atomic E-state index is -1.61. The van der Waals surface area contributed by atoms with Crippen LogP contribution in [0.1, 0.15) is 15.9 Å². The maximum absolute atomic E-state index is 13.2. The summed E-state index contributed by atoms with van der Waals surface area (Å²) in [5, 5.41) is 3.43. The quantitative estimate of drug-likeness (QED) is 0.510. The lowest BCUT2D eigenvalue weighted by Gasteiger charge is -2.22. The van der Waals surface area contributed by atoms with Gasteiger partial charge in [-0.3, -0.25) is 4.79 Å². The molecule has 0 radical (unpaired) electrons. The van der Waals surface area contributed by atoms with Crippen LogP contribution in [0, 0.1) is 0 Å². The van der Waals surface area contributed by atoms with Gasteiger partial charge in [-0.05, 0) is 16.0 Å². The normalized spacial score (nSPS) is 11.6. The van der Waals surface area contributed by atoms with E-state index in [0.29, 0.717) is 0 Å². The molecule has 0 saturated carbocycles. The van der Waals surface area contributed by atoms with Crippen LogP contribution < -0.4 is 5.19 Å². The van der Waals surface area contributed by atoms with Crippen molar-refractivity contribution in [3.05, 3.63) is 77.9 Å². The summed E-state index contributed by atoms with van der Waals surface area (Å²) < 4.78 is 0. The van der Waals surface area contributed by atoms with E-state index in [1.54, 1.807) is 0 Å². The molecule has 0 spiro atoms. The molecule has 0 fully saturated rings. The van der Waals surface area contributed by atoms with Crippen molar-refractivity contribution in [2.24, 2.45) is 0 Å². The van der Waals surface area contributed by atoms with Crippen LogP contribution in [0.25, 0.3) is 10.8 Å². The molecule has 0 saturated heterocycles. The summed E-state index contributed by atoms with van der Waals surface area (Å²) in [6.07, 6.45) is 0. The molecule has 3 aromatic rings. The lowest BCUT2D eigenvalue weighted by atomic mass is 9.97. The summed E-state index contributed by atoms with van der Waals surface area (Å²) in [6.45, 7) is 6.87. The van der Waals surface area contributed by atoms with Crippen LogP contribution in [-0.2, 0) is 0 Å². The van der Waals surface area contributed by atoms with Gasteiger partial charge >= 0.3 is 0 Å². The van der Waals surface area contributed by atoms with E-state index in [9.17, 15) is 4.79 Å². The fraction of sp³-hybridized carbons (Fsp3) is 0.150. The summed E-state index contributed by atoms with van der Waals surface area (Å²) in [4.78, 5) is 13.2. The van der Waals surface area contributed by atoms with Gasteiger partial charge in [0, 0.05) is 11.1 Å². The smallest absolute Gasteiger partial charge is 0.193 e. The molecule has 2 heteroatoms. The van der Waals surface area contributed by atoms with E-state index in [0.717, 1.165) is 21.9 Å². The zero-order chi connectivity index (χ0) is 15.7. The molecule has 0 atom stereocenters. The van der Waals surface area contributed by atoms with Gasteiger partial charge in [-0.25, -0.2) is 0 Å². The number of benzene rings is 3. The summed E-state index contributed by atoms with van der Waals surface area (Å²) in [5.41, 5.74) is 1.65. The van der Waals surface area contributed by atoms with Crippen LogP contribution in [0.2, 0.25) is 19.6 Å². The van der Waals surface area contributed by atoms with Crippen LogP contribution in [0.3, 0.4) is 0 Å². The second-order valence-corrected chi connectivity index (χ2v) is 11.7. The second-order valence-electron chi connectivity index (χ2n) is 6.65. The predicted molar refractivity (Wildman–Crippen MR) is 96.8 cm³/mol. The average Bonchev–Trinajstić information content (AvgIpc) is 2.53. The third kappa shape index (κ3) is 2.62. The number of rotatable bonds is 3. The van der Waals surface area contributed by atoms with Crippen molar-refractivity contribution in [3.63, 3.8) is 0 Å². The Morgan fingerprint density at radius 2 is 1.41 bits per heavy atom. The van der Waals surface area contributed by atoms with Crippen LogP contribution in [0.15, 0.2) is 66.7 Å². The van der Waals surface area contributed by atoms with Crippen molar-refractivity contribution in [1.82, 2.24) is 0 Å². The molecule has 1 nitrogen and oxygen atoms in total. The highest BCUT2D eigenvalue weighted by Gasteiger charge is 2.25. The Morgan fingerprint density at radius 1 is 0.773 bits per heavy atom. The summed E-state index contributed by atoms with van der Waals surface area (Å²) >= 11 is 0. The Labute approximate surface area is 132 Å². The Bertz CT molecular complexity index is 829. The topological polar surface area (TPSA) is 17.1 Å². The van der Waals surface area contributed by atoms with Gasteiger partial charge in [-0.15, -0.1) is 0 Å². The number of carbonyl (C=O) groups is 1. The standard InChI is InChI=1S/C20H20OSi/c1-22(2,3)18-14-13-15-9-7-8-12-17(15)19(18)20(21)16-10-5-4-6-11-16/h4-14H,1-3H3. The van der Waals surface area contributed by atoms with Crippen LogP contribution in [0.5, 0.6) is 0 Å². The zero-order valence-electron chi connectivity index (χ0n) is 13.3. The van der Waals surface area contributed by atoms with Gasteiger partial charge in [-0.2, -0.15) is 0 Å². The van der Waals surface area contributed by atoms with Crippen molar-refractivity contribution in [2.45, 2.75) is 19.6 Å². The Balaban J connectivity index is 2.32. The lowest BCUT2D eigenvalue weighted by Crippen LogP contribution is -2.41. The van der Waals surface area contributed by atoms with E-state index in [1.807, 2.05) is 42.5 Å². The fourth-order valence-corrected chi connectivity index (χ4v) is 4.46. The van der Waals surface area contributed by atoms with E-state index < -0.39 is 8.07 Å². The van der Waals surface area contributed by atoms with Crippen LogP contribution in [0.4, 0.5) is 0 Å². The maximum atomic E-state index is 13.2. The largest absolute Gasteiger partial charge is 0.289 e. The Morgan fingerprint density at radius 3 is 2.09 bits per heavy atom.